The Hall–Kier alpha value is -3.56. The fourth-order valence-electron chi connectivity index (χ4n) is 0.879. The Kier molecular flexibility index (Phi) is 9.43. The van der Waals surface area contributed by atoms with Gasteiger partial charge in [-0.15, -0.1) is 0 Å². The van der Waals surface area contributed by atoms with Gasteiger partial charge in [-0.1, -0.05) is 0 Å². The predicted octanol–water partition coefficient (Wildman–Crippen LogP) is -0.859. The molecule has 0 saturated carbocycles. The number of ether oxygens (including phenoxy) is 4. The highest BCUT2D eigenvalue weighted by atomic mass is 16.6. The highest BCUT2D eigenvalue weighted by Crippen LogP contribution is 1.91. The molecule has 0 bridgehead atoms. The molecule has 0 rings (SSSR count). The van der Waals surface area contributed by atoms with Crippen LogP contribution >= 0.6 is 0 Å². The molecule has 0 saturated heterocycles. The fourth-order valence-corrected chi connectivity index (χ4v) is 0.879. The van der Waals surface area contributed by atoms with Crippen LogP contribution in [0.2, 0.25) is 0 Å². The summed E-state index contributed by atoms with van der Waals surface area (Å²) in [7, 11) is 2.17. The molecule has 0 radical (unpaired) electrons. The molecular weight excluding hydrogens is 328 g/mol. The predicted molar refractivity (Wildman–Crippen MR) is 73.7 cm³/mol. The van der Waals surface area contributed by atoms with E-state index in [9.17, 15) is 28.8 Å². The Labute approximate surface area is 135 Å². The molecule has 0 aliphatic heterocycles. The van der Waals surface area contributed by atoms with Crippen LogP contribution in [0.1, 0.15) is 0 Å². The number of rotatable bonds is 6. The van der Waals surface area contributed by atoms with Crippen molar-refractivity contribution in [3.8, 4) is 0 Å². The molecule has 0 amide bonds. The van der Waals surface area contributed by atoms with E-state index >= 15 is 0 Å². The van der Waals surface area contributed by atoms with Crippen molar-refractivity contribution in [1.29, 1.82) is 0 Å². The lowest BCUT2D eigenvalue weighted by Gasteiger charge is -1.96. The van der Waals surface area contributed by atoms with Crippen molar-refractivity contribution in [2.45, 2.75) is 0 Å². The second-order valence-electron chi connectivity index (χ2n) is 3.53. The van der Waals surface area contributed by atoms with E-state index in [4.69, 9.17) is 0 Å². The quantitative estimate of drug-likeness (QED) is 0.260. The minimum Gasteiger partial charge on any atom is -0.466 e. The first-order valence-corrected chi connectivity index (χ1v) is 6.00. The number of hydrogen-bond acceptors (Lipinski definition) is 10. The van der Waals surface area contributed by atoms with Crippen LogP contribution < -0.4 is 0 Å². The van der Waals surface area contributed by atoms with Crippen LogP contribution in [0, 0.1) is 0 Å². The molecule has 0 fully saturated rings. The van der Waals surface area contributed by atoms with E-state index < -0.39 is 35.8 Å². The van der Waals surface area contributed by atoms with Crippen LogP contribution in [0.3, 0.4) is 0 Å². The molecule has 0 unspecified atom stereocenters. The maximum atomic E-state index is 11.2. The normalized spacial score (nSPS) is 10.6. The number of carbonyl (C=O) groups excluding carboxylic acids is 6. The summed E-state index contributed by atoms with van der Waals surface area (Å²) in [5.74, 6) is -6.52. The van der Waals surface area contributed by atoms with Crippen LogP contribution in [-0.4, -0.2) is 50.0 Å². The van der Waals surface area contributed by atoms with Crippen LogP contribution in [0.4, 0.5) is 0 Å². The zero-order valence-corrected chi connectivity index (χ0v) is 12.5. The third-order valence-corrected chi connectivity index (χ3v) is 1.87. The van der Waals surface area contributed by atoms with E-state index in [-0.39, 0.29) is 0 Å². The van der Waals surface area contributed by atoms with Gasteiger partial charge in [0.25, 0.3) is 0 Å². The molecular formula is C14H12O10. The number of esters is 6. The van der Waals surface area contributed by atoms with Crippen molar-refractivity contribution in [3.05, 3.63) is 36.5 Å². The van der Waals surface area contributed by atoms with Crippen molar-refractivity contribution >= 4 is 35.8 Å². The SMILES string of the molecule is COC(=O)/C=C/C(=O)OC(=O)/C=C\C(=O)OC(=O)/C=C/C(=O)OC. The summed E-state index contributed by atoms with van der Waals surface area (Å²) in [6, 6.07) is 0. The summed E-state index contributed by atoms with van der Waals surface area (Å²) in [6.07, 6.45) is 3.75. The zero-order valence-electron chi connectivity index (χ0n) is 12.5. The minimum absolute atomic E-state index is 0.517. The van der Waals surface area contributed by atoms with Gasteiger partial charge in [0, 0.05) is 36.5 Å². The maximum absolute atomic E-state index is 11.2. The Balaban J connectivity index is 4.37. The molecule has 0 aromatic carbocycles. The van der Waals surface area contributed by atoms with E-state index in [1.54, 1.807) is 0 Å². The summed E-state index contributed by atoms with van der Waals surface area (Å²) in [5, 5.41) is 0. The minimum atomic E-state index is -1.25. The lowest BCUT2D eigenvalue weighted by molar-refractivity contribution is -0.155. The van der Waals surface area contributed by atoms with Crippen molar-refractivity contribution < 1.29 is 47.7 Å². The van der Waals surface area contributed by atoms with E-state index in [0.29, 0.717) is 24.3 Å². The third kappa shape index (κ3) is 10.2. The summed E-state index contributed by atoms with van der Waals surface area (Å²) in [6.45, 7) is 0. The molecule has 0 heterocycles. The number of hydrogen-bond donors (Lipinski definition) is 0. The molecule has 24 heavy (non-hydrogen) atoms. The standard InChI is InChI=1S/C14H12O10/c1-21-9(15)3-5-11(17)23-13(19)7-8-14(20)24-12(18)6-4-10(16)22-2/h3-8H,1-2H3/b5-3+,6-4+,8-7-. The van der Waals surface area contributed by atoms with E-state index in [1.807, 2.05) is 0 Å². The van der Waals surface area contributed by atoms with Crippen LogP contribution in [0.15, 0.2) is 36.5 Å². The van der Waals surface area contributed by atoms with Gasteiger partial charge in [0.05, 0.1) is 14.2 Å². The van der Waals surface area contributed by atoms with Gasteiger partial charge >= 0.3 is 35.8 Å². The smallest absolute Gasteiger partial charge is 0.338 e. The summed E-state index contributed by atoms with van der Waals surface area (Å²) in [4.78, 5) is 65.9. The Bertz CT molecular complexity index is 569. The molecule has 0 spiro atoms. The number of methoxy groups -OCH3 is 2. The Morgan fingerprint density at radius 1 is 0.458 bits per heavy atom. The summed E-state index contributed by atoms with van der Waals surface area (Å²) < 4.78 is 16.7. The Morgan fingerprint density at radius 2 is 0.667 bits per heavy atom. The van der Waals surface area contributed by atoms with Gasteiger partial charge in [0.2, 0.25) is 0 Å². The maximum Gasteiger partial charge on any atom is 0.338 e. The van der Waals surface area contributed by atoms with Crippen LogP contribution in [-0.2, 0) is 47.7 Å². The summed E-state index contributed by atoms with van der Waals surface area (Å²) in [5.41, 5.74) is 0. The van der Waals surface area contributed by atoms with Gasteiger partial charge in [-0.3, -0.25) is 0 Å². The fraction of sp³-hybridized carbons (Fsp3) is 0.143. The van der Waals surface area contributed by atoms with Gasteiger partial charge in [-0.05, 0) is 0 Å². The summed E-state index contributed by atoms with van der Waals surface area (Å²) >= 11 is 0. The monoisotopic (exact) mass is 340 g/mol. The first kappa shape index (κ1) is 20.4. The molecule has 10 nitrogen and oxygen atoms in total. The lowest BCUT2D eigenvalue weighted by atomic mass is 10.4. The molecule has 0 aromatic heterocycles. The van der Waals surface area contributed by atoms with E-state index in [0.717, 1.165) is 26.4 Å². The van der Waals surface area contributed by atoms with E-state index in [2.05, 4.69) is 18.9 Å². The van der Waals surface area contributed by atoms with Crippen LogP contribution in [0.25, 0.3) is 0 Å². The second-order valence-corrected chi connectivity index (χ2v) is 3.53. The van der Waals surface area contributed by atoms with E-state index in [1.165, 1.54) is 0 Å². The molecule has 0 aliphatic carbocycles. The molecule has 0 N–H and O–H groups in total. The molecule has 0 aliphatic rings. The molecule has 0 atom stereocenters. The molecule has 10 heteroatoms. The average Bonchev–Trinajstić information content (AvgIpc) is 2.55. The van der Waals surface area contributed by atoms with Gasteiger partial charge in [-0.2, -0.15) is 0 Å². The van der Waals surface area contributed by atoms with Crippen molar-refractivity contribution in [1.82, 2.24) is 0 Å². The highest BCUT2D eigenvalue weighted by molar-refractivity contribution is 6.03. The van der Waals surface area contributed by atoms with Gasteiger partial charge < -0.3 is 18.9 Å². The van der Waals surface area contributed by atoms with Crippen LogP contribution in [0.5, 0.6) is 0 Å². The first-order chi connectivity index (χ1) is 11.3. The second kappa shape index (κ2) is 11.1. The van der Waals surface area contributed by atoms with Gasteiger partial charge in [-0.25, -0.2) is 28.8 Å². The largest absolute Gasteiger partial charge is 0.466 e. The van der Waals surface area contributed by atoms with Crippen molar-refractivity contribution in [2.75, 3.05) is 14.2 Å². The first-order valence-electron chi connectivity index (χ1n) is 6.00. The lowest BCUT2D eigenvalue weighted by Crippen LogP contribution is -2.11. The van der Waals surface area contributed by atoms with Gasteiger partial charge in [0.15, 0.2) is 0 Å². The highest BCUT2D eigenvalue weighted by Gasteiger charge is 2.08. The topological polar surface area (TPSA) is 139 Å². The third-order valence-electron chi connectivity index (χ3n) is 1.87. The number of carbonyl (C=O) groups is 6. The van der Waals surface area contributed by atoms with Crippen molar-refractivity contribution in [3.63, 3.8) is 0 Å². The molecule has 128 valence electrons. The van der Waals surface area contributed by atoms with Gasteiger partial charge in [0.1, 0.15) is 0 Å². The van der Waals surface area contributed by atoms with Crippen molar-refractivity contribution in [2.24, 2.45) is 0 Å². The average molecular weight is 340 g/mol. The Morgan fingerprint density at radius 3 is 0.875 bits per heavy atom. The molecule has 0 aromatic rings. The zero-order chi connectivity index (χ0) is 18.5.